The molecule has 0 saturated carbocycles. The molecule has 2 N–H and O–H groups in total. The lowest BCUT2D eigenvalue weighted by Gasteiger charge is -2.14. The molecular weight excluding hydrogens is 384 g/mol. The summed E-state index contributed by atoms with van der Waals surface area (Å²) in [7, 11) is 0. The maximum Gasteiger partial charge on any atom is 0.355 e. The van der Waals surface area contributed by atoms with E-state index in [1.54, 1.807) is 18.2 Å². The molecule has 0 unspecified atom stereocenters. The van der Waals surface area contributed by atoms with E-state index in [0.717, 1.165) is 4.47 Å². The molecule has 0 atom stereocenters. The first kappa shape index (κ1) is 17.4. The summed E-state index contributed by atoms with van der Waals surface area (Å²) in [6.45, 7) is 3.92. The van der Waals surface area contributed by atoms with Crippen LogP contribution in [0.4, 0.5) is 0 Å². The van der Waals surface area contributed by atoms with Crippen LogP contribution in [-0.2, 0) is 6.54 Å². The molecule has 1 aromatic heterocycles. The second-order valence-electron chi connectivity index (χ2n) is 4.92. The SMILES string of the molecule is CC(C)Oc1cc(Br)ccc1C(=O)NCc1nc(C(=O)O)cs1. The van der Waals surface area contributed by atoms with Crippen molar-refractivity contribution in [3.63, 3.8) is 0 Å². The molecule has 0 radical (unpaired) electrons. The van der Waals surface area contributed by atoms with Gasteiger partial charge in [0.1, 0.15) is 10.8 Å². The minimum absolute atomic E-state index is 0.0216. The largest absolute Gasteiger partial charge is 0.490 e. The molecule has 1 amide bonds. The van der Waals surface area contributed by atoms with Gasteiger partial charge in [0.2, 0.25) is 0 Å². The van der Waals surface area contributed by atoms with Crippen LogP contribution >= 0.6 is 27.3 Å². The summed E-state index contributed by atoms with van der Waals surface area (Å²) in [6, 6.07) is 5.16. The fourth-order valence-electron chi connectivity index (χ4n) is 1.78. The predicted octanol–water partition coefficient (Wildman–Crippen LogP) is 3.32. The number of nitrogens with one attached hydrogen (secondary N) is 1. The first-order valence-electron chi connectivity index (χ1n) is 6.79. The van der Waals surface area contributed by atoms with E-state index >= 15 is 0 Å². The minimum atomic E-state index is -1.08. The minimum Gasteiger partial charge on any atom is -0.490 e. The number of hydrogen-bond acceptors (Lipinski definition) is 5. The van der Waals surface area contributed by atoms with Crippen LogP contribution in [0.1, 0.15) is 39.7 Å². The molecule has 1 aromatic carbocycles. The summed E-state index contributed by atoms with van der Waals surface area (Å²) in [5.74, 6) is -0.906. The second kappa shape index (κ2) is 7.56. The number of carboxylic acid groups (broad SMARTS) is 1. The van der Waals surface area contributed by atoms with Crippen LogP contribution in [0.15, 0.2) is 28.1 Å². The molecule has 2 rings (SSSR count). The van der Waals surface area contributed by atoms with Crippen LogP contribution in [0, 0.1) is 0 Å². The summed E-state index contributed by atoms with van der Waals surface area (Å²) < 4.78 is 6.47. The number of rotatable bonds is 6. The fourth-order valence-corrected chi connectivity index (χ4v) is 2.82. The molecule has 0 aliphatic carbocycles. The van der Waals surface area contributed by atoms with Gasteiger partial charge in [-0.25, -0.2) is 9.78 Å². The second-order valence-corrected chi connectivity index (χ2v) is 6.78. The van der Waals surface area contributed by atoms with Gasteiger partial charge in [-0.3, -0.25) is 4.79 Å². The van der Waals surface area contributed by atoms with Crippen molar-refractivity contribution in [2.75, 3.05) is 0 Å². The lowest BCUT2D eigenvalue weighted by molar-refractivity contribution is 0.0691. The number of hydrogen-bond donors (Lipinski definition) is 2. The van der Waals surface area contributed by atoms with Gasteiger partial charge in [-0.15, -0.1) is 11.3 Å². The number of carboxylic acids is 1. The van der Waals surface area contributed by atoms with Crippen LogP contribution in [-0.4, -0.2) is 28.1 Å². The van der Waals surface area contributed by atoms with Crippen molar-refractivity contribution < 1.29 is 19.4 Å². The van der Waals surface area contributed by atoms with Crippen molar-refractivity contribution in [1.29, 1.82) is 0 Å². The quantitative estimate of drug-likeness (QED) is 0.778. The Bertz CT molecular complexity index is 730. The number of aromatic nitrogens is 1. The van der Waals surface area contributed by atoms with E-state index in [1.165, 1.54) is 16.7 Å². The maximum absolute atomic E-state index is 12.3. The van der Waals surface area contributed by atoms with Crippen LogP contribution in [0.5, 0.6) is 5.75 Å². The van der Waals surface area contributed by atoms with Gasteiger partial charge in [-0.2, -0.15) is 0 Å². The Morgan fingerprint density at radius 3 is 2.78 bits per heavy atom. The summed E-state index contributed by atoms with van der Waals surface area (Å²) in [4.78, 5) is 27.0. The molecule has 0 aliphatic heterocycles. The third kappa shape index (κ3) is 4.77. The Morgan fingerprint density at radius 2 is 2.17 bits per heavy atom. The van der Waals surface area contributed by atoms with Gasteiger partial charge in [-0.1, -0.05) is 15.9 Å². The zero-order valence-corrected chi connectivity index (χ0v) is 14.9. The molecule has 1 heterocycles. The van der Waals surface area contributed by atoms with Crippen molar-refractivity contribution in [1.82, 2.24) is 10.3 Å². The van der Waals surface area contributed by atoms with Crippen LogP contribution < -0.4 is 10.1 Å². The third-order valence-electron chi connectivity index (χ3n) is 2.72. The molecule has 0 fully saturated rings. The van der Waals surface area contributed by atoms with Crippen molar-refractivity contribution in [2.24, 2.45) is 0 Å². The number of ether oxygens (including phenoxy) is 1. The van der Waals surface area contributed by atoms with E-state index in [0.29, 0.717) is 16.3 Å². The van der Waals surface area contributed by atoms with Gasteiger partial charge >= 0.3 is 5.97 Å². The molecule has 122 valence electrons. The fraction of sp³-hybridized carbons (Fsp3) is 0.267. The average Bonchev–Trinajstić information content (AvgIpc) is 2.93. The van der Waals surface area contributed by atoms with Crippen LogP contribution in [0.2, 0.25) is 0 Å². The number of nitrogens with zero attached hydrogens (tertiary/aromatic N) is 1. The van der Waals surface area contributed by atoms with Crippen molar-refractivity contribution in [3.8, 4) is 5.75 Å². The molecular formula is C15H15BrN2O4S. The molecule has 8 heteroatoms. The highest BCUT2D eigenvalue weighted by Gasteiger charge is 2.15. The molecule has 2 aromatic rings. The standard InChI is InChI=1S/C15H15BrN2O4S/c1-8(2)22-12-5-9(16)3-4-10(12)14(19)17-6-13-18-11(7-23-13)15(20)21/h3-5,7-8H,6H2,1-2H3,(H,17,19)(H,20,21). The zero-order chi connectivity index (χ0) is 17.0. The van der Waals surface area contributed by atoms with E-state index < -0.39 is 5.97 Å². The van der Waals surface area contributed by atoms with Crippen LogP contribution in [0.25, 0.3) is 0 Å². The van der Waals surface area contributed by atoms with E-state index in [2.05, 4.69) is 26.2 Å². The van der Waals surface area contributed by atoms with Crippen molar-refractivity contribution in [2.45, 2.75) is 26.5 Å². The molecule has 0 saturated heterocycles. The van der Waals surface area contributed by atoms with Gasteiger partial charge in [0.25, 0.3) is 5.91 Å². The van der Waals surface area contributed by atoms with Gasteiger partial charge in [0.05, 0.1) is 18.2 Å². The highest BCUT2D eigenvalue weighted by Crippen LogP contribution is 2.25. The molecule has 0 bridgehead atoms. The third-order valence-corrected chi connectivity index (χ3v) is 4.06. The molecule has 23 heavy (non-hydrogen) atoms. The number of benzene rings is 1. The Morgan fingerprint density at radius 1 is 1.43 bits per heavy atom. The first-order chi connectivity index (χ1) is 10.9. The number of halogens is 1. The summed E-state index contributed by atoms with van der Waals surface area (Å²) in [6.07, 6.45) is -0.0621. The summed E-state index contributed by atoms with van der Waals surface area (Å²) in [5.41, 5.74) is 0.392. The molecule has 0 spiro atoms. The van der Waals surface area contributed by atoms with Gasteiger partial charge in [0.15, 0.2) is 5.69 Å². The van der Waals surface area contributed by atoms with Crippen molar-refractivity contribution >= 4 is 39.1 Å². The topological polar surface area (TPSA) is 88.5 Å². The van der Waals surface area contributed by atoms with Gasteiger partial charge < -0.3 is 15.2 Å². The number of aromatic carboxylic acids is 1. The molecule has 6 nitrogen and oxygen atoms in total. The predicted molar refractivity (Wildman–Crippen MR) is 90.1 cm³/mol. The Kier molecular flexibility index (Phi) is 5.73. The van der Waals surface area contributed by atoms with Crippen LogP contribution in [0.3, 0.4) is 0 Å². The van der Waals surface area contributed by atoms with E-state index in [4.69, 9.17) is 9.84 Å². The lowest BCUT2D eigenvalue weighted by Crippen LogP contribution is -2.24. The smallest absolute Gasteiger partial charge is 0.355 e. The Balaban J connectivity index is 2.09. The highest BCUT2D eigenvalue weighted by atomic mass is 79.9. The Labute approximate surface area is 145 Å². The Hall–Kier alpha value is -1.93. The normalized spacial score (nSPS) is 10.6. The number of thiazole rings is 1. The molecule has 0 aliphatic rings. The van der Waals surface area contributed by atoms with E-state index in [9.17, 15) is 9.59 Å². The van der Waals surface area contributed by atoms with Gasteiger partial charge in [-0.05, 0) is 32.0 Å². The average molecular weight is 399 g/mol. The highest BCUT2D eigenvalue weighted by molar-refractivity contribution is 9.10. The monoisotopic (exact) mass is 398 g/mol. The number of carbonyl (C=O) groups excluding carboxylic acids is 1. The van der Waals surface area contributed by atoms with E-state index in [-0.39, 0.29) is 24.2 Å². The summed E-state index contributed by atoms with van der Waals surface area (Å²) >= 11 is 4.54. The first-order valence-corrected chi connectivity index (χ1v) is 8.46. The summed E-state index contributed by atoms with van der Waals surface area (Å²) in [5, 5.41) is 13.5. The zero-order valence-electron chi connectivity index (χ0n) is 12.5. The lowest BCUT2D eigenvalue weighted by atomic mass is 10.2. The van der Waals surface area contributed by atoms with Crippen molar-refractivity contribution in [3.05, 3.63) is 44.3 Å². The van der Waals surface area contributed by atoms with Gasteiger partial charge in [0, 0.05) is 9.85 Å². The van der Waals surface area contributed by atoms with E-state index in [1.807, 2.05) is 13.8 Å². The number of carbonyl (C=O) groups is 2. The maximum atomic E-state index is 12.3. The number of amides is 1.